The minimum Gasteiger partial charge on any atom is -0.343 e. The lowest BCUT2D eigenvalue weighted by Gasteiger charge is -2.33. The molecule has 1 amide bonds. The first kappa shape index (κ1) is 17.9. The van der Waals surface area contributed by atoms with Gasteiger partial charge in [-0.25, -0.2) is 12.8 Å². The van der Waals surface area contributed by atoms with E-state index in [4.69, 9.17) is 0 Å². The fourth-order valence-corrected chi connectivity index (χ4v) is 4.41. The van der Waals surface area contributed by atoms with Gasteiger partial charge >= 0.3 is 0 Å². The maximum Gasteiger partial charge on any atom is 0.243 e. The molecule has 0 N–H and O–H groups in total. The van der Waals surface area contributed by atoms with Crippen molar-refractivity contribution in [3.05, 3.63) is 30.1 Å². The maximum absolute atomic E-state index is 13.3. The number of sulfonamides is 1. The third-order valence-corrected chi connectivity index (χ3v) is 6.21. The topological polar surface area (TPSA) is 57.7 Å². The van der Waals surface area contributed by atoms with Gasteiger partial charge < -0.3 is 4.90 Å². The summed E-state index contributed by atoms with van der Waals surface area (Å²) in [5.41, 5.74) is 0. The molecule has 1 aliphatic heterocycles. The van der Waals surface area contributed by atoms with Gasteiger partial charge in [-0.15, -0.1) is 0 Å². The first-order valence-corrected chi connectivity index (χ1v) is 9.38. The van der Waals surface area contributed by atoms with Crippen molar-refractivity contribution in [1.29, 1.82) is 0 Å². The summed E-state index contributed by atoms with van der Waals surface area (Å²) in [5.74, 6) is -0.607. The molecular formula is C16H23FN2O3S. The van der Waals surface area contributed by atoms with Crippen molar-refractivity contribution in [2.24, 2.45) is 5.92 Å². The van der Waals surface area contributed by atoms with E-state index in [9.17, 15) is 17.6 Å². The molecule has 0 atom stereocenters. The molecule has 0 aromatic heterocycles. The molecule has 1 aliphatic rings. The van der Waals surface area contributed by atoms with Crippen LogP contribution in [-0.2, 0) is 14.8 Å². The highest BCUT2D eigenvalue weighted by molar-refractivity contribution is 7.89. The first-order chi connectivity index (χ1) is 10.9. The van der Waals surface area contributed by atoms with Gasteiger partial charge in [0.2, 0.25) is 15.9 Å². The molecule has 1 fully saturated rings. The average Bonchev–Trinajstić information content (AvgIpc) is 2.56. The van der Waals surface area contributed by atoms with Crippen LogP contribution >= 0.6 is 0 Å². The molecule has 1 aromatic rings. The van der Waals surface area contributed by atoms with E-state index in [0.29, 0.717) is 25.9 Å². The third-order valence-electron chi connectivity index (χ3n) is 4.31. The number of carbonyl (C=O) groups excluding carboxylic acids is 1. The minimum atomic E-state index is -3.70. The Bertz CT molecular complexity index is 651. The number of rotatable bonds is 5. The van der Waals surface area contributed by atoms with Gasteiger partial charge in [0.1, 0.15) is 5.82 Å². The summed E-state index contributed by atoms with van der Waals surface area (Å²) in [6, 6.07) is 5.03. The van der Waals surface area contributed by atoms with Gasteiger partial charge in [0.15, 0.2) is 0 Å². The van der Waals surface area contributed by atoms with Crippen LogP contribution in [0.25, 0.3) is 0 Å². The maximum atomic E-state index is 13.3. The molecule has 1 aromatic carbocycles. The standard InChI is InChI=1S/C16H23FN2O3S/c1-3-18(4-2)16(20)13-8-10-19(11-9-13)23(21,22)15-7-5-6-14(17)12-15/h5-7,12-13H,3-4,8-11H2,1-2H3. The molecule has 0 spiro atoms. The second-order valence-electron chi connectivity index (χ2n) is 5.65. The van der Waals surface area contributed by atoms with Crippen LogP contribution in [0.2, 0.25) is 0 Å². The Labute approximate surface area is 137 Å². The quantitative estimate of drug-likeness (QED) is 0.823. The van der Waals surface area contributed by atoms with E-state index < -0.39 is 15.8 Å². The molecule has 2 rings (SSSR count). The van der Waals surface area contributed by atoms with Crippen LogP contribution in [0.3, 0.4) is 0 Å². The van der Waals surface area contributed by atoms with Crippen molar-refractivity contribution in [3.63, 3.8) is 0 Å². The number of benzene rings is 1. The molecule has 0 bridgehead atoms. The van der Waals surface area contributed by atoms with E-state index in [0.717, 1.165) is 6.07 Å². The first-order valence-electron chi connectivity index (χ1n) is 7.94. The van der Waals surface area contributed by atoms with Gasteiger partial charge in [-0.05, 0) is 44.9 Å². The molecule has 1 saturated heterocycles. The van der Waals surface area contributed by atoms with Crippen molar-refractivity contribution in [2.75, 3.05) is 26.2 Å². The minimum absolute atomic E-state index is 0.0361. The lowest BCUT2D eigenvalue weighted by Crippen LogP contribution is -2.44. The molecule has 0 unspecified atom stereocenters. The second kappa shape index (κ2) is 7.40. The summed E-state index contributed by atoms with van der Waals surface area (Å²) >= 11 is 0. The summed E-state index contributed by atoms with van der Waals surface area (Å²) in [4.78, 5) is 14.1. The number of hydrogen-bond donors (Lipinski definition) is 0. The molecule has 0 radical (unpaired) electrons. The van der Waals surface area contributed by atoms with E-state index in [-0.39, 0.29) is 29.8 Å². The Kier molecular flexibility index (Phi) is 5.75. The number of halogens is 1. The Morgan fingerprint density at radius 3 is 2.39 bits per heavy atom. The van der Waals surface area contributed by atoms with Gasteiger partial charge in [-0.1, -0.05) is 6.07 Å². The fraction of sp³-hybridized carbons (Fsp3) is 0.562. The highest BCUT2D eigenvalue weighted by Gasteiger charge is 2.33. The Morgan fingerprint density at radius 2 is 1.87 bits per heavy atom. The van der Waals surface area contributed by atoms with E-state index >= 15 is 0 Å². The SMILES string of the molecule is CCN(CC)C(=O)C1CCN(S(=O)(=O)c2cccc(F)c2)CC1. The largest absolute Gasteiger partial charge is 0.343 e. The van der Waals surface area contributed by atoms with Crippen LogP contribution in [0.15, 0.2) is 29.2 Å². The molecule has 128 valence electrons. The van der Waals surface area contributed by atoms with E-state index in [2.05, 4.69) is 0 Å². The van der Waals surface area contributed by atoms with Crippen LogP contribution in [0.5, 0.6) is 0 Å². The lowest BCUT2D eigenvalue weighted by molar-refractivity contribution is -0.136. The predicted octanol–water partition coefficient (Wildman–Crippen LogP) is 2.09. The van der Waals surface area contributed by atoms with Crippen LogP contribution in [-0.4, -0.2) is 49.7 Å². The summed E-state index contributed by atoms with van der Waals surface area (Å²) < 4.78 is 39.7. The summed E-state index contributed by atoms with van der Waals surface area (Å²) in [6.45, 7) is 5.77. The highest BCUT2D eigenvalue weighted by atomic mass is 32.2. The Balaban J connectivity index is 2.05. The van der Waals surface area contributed by atoms with E-state index in [1.54, 1.807) is 4.90 Å². The van der Waals surface area contributed by atoms with E-state index in [1.165, 1.54) is 22.5 Å². The zero-order valence-electron chi connectivity index (χ0n) is 13.5. The zero-order chi connectivity index (χ0) is 17.0. The van der Waals surface area contributed by atoms with Crippen LogP contribution in [0.4, 0.5) is 4.39 Å². The molecule has 23 heavy (non-hydrogen) atoms. The highest BCUT2D eigenvalue weighted by Crippen LogP contribution is 2.25. The molecular weight excluding hydrogens is 319 g/mol. The monoisotopic (exact) mass is 342 g/mol. The number of amides is 1. The van der Waals surface area contributed by atoms with Gasteiger partial charge in [0.25, 0.3) is 0 Å². The van der Waals surface area contributed by atoms with Crippen LogP contribution in [0.1, 0.15) is 26.7 Å². The van der Waals surface area contributed by atoms with Crippen molar-refractivity contribution in [3.8, 4) is 0 Å². The van der Waals surface area contributed by atoms with Crippen LogP contribution < -0.4 is 0 Å². The number of nitrogens with zero attached hydrogens (tertiary/aromatic N) is 2. The van der Waals surface area contributed by atoms with E-state index in [1.807, 2.05) is 13.8 Å². The third kappa shape index (κ3) is 3.90. The average molecular weight is 342 g/mol. The normalized spacial score (nSPS) is 17.2. The Morgan fingerprint density at radius 1 is 1.26 bits per heavy atom. The van der Waals surface area contributed by atoms with Gasteiger partial charge in [0.05, 0.1) is 4.90 Å². The summed E-state index contributed by atoms with van der Waals surface area (Å²) in [6.07, 6.45) is 1.01. The Hall–Kier alpha value is -1.47. The molecule has 1 heterocycles. The smallest absolute Gasteiger partial charge is 0.243 e. The van der Waals surface area contributed by atoms with Crippen LogP contribution in [0, 0.1) is 11.7 Å². The van der Waals surface area contributed by atoms with Crippen molar-refractivity contribution >= 4 is 15.9 Å². The summed E-state index contributed by atoms with van der Waals surface area (Å²) in [5, 5.41) is 0. The van der Waals surface area contributed by atoms with Crippen molar-refractivity contribution in [1.82, 2.24) is 9.21 Å². The zero-order valence-corrected chi connectivity index (χ0v) is 14.4. The number of carbonyl (C=O) groups is 1. The number of hydrogen-bond acceptors (Lipinski definition) is 3. The van der Waals surface area contributed by atoms with Gasteiger partial charge in [-0.3, -0.25) is 4.79 Å². The summed E-state index contributed by atoms with van der Waals surface area (Å²) in [7, 11) is -3.70. The molecule has 0 aliphatic carbocycles. The molecule has 5 nitrogen and oxygen atoms in total. The molecule has 0 saturated carbocycles. The van der Waals surface area contributed by atoms with Crippen molar-refractivity contribution in [2.45, 2.75) is 31.6 Å². The fourth-order valence-electron chi connectivity index (χ4n) is 2.91. The number of piperidine rings is 1. The predicted molar refractivity (Wildman–Crippen MR) is 85.8 cm³/mol. The molecule has 7 heteroatoms. The van der Waals surface area contributed by atoms with Gasteiger partial charge in [0, 0.05) is 32.1 Å². The second-order valence-corrected chi connectivity index (χ2v) is 7.58. The van der Waals surface area contributed by atoms with Gasteiger partial charge in [-0.2, -0.15) is 4.31 Å². The lowest BCUT2D eigenvalue weighted by atomic mass is 9.96. The van der Waals surface area contributed by atoms with Crippen molar-refractivity contribution < 1.29 is 17.6 Å².